The number of benzene rings is 6. The van der Waals surface area contributed by atoms with Crippen LogP contribution < -0.4 is 0 Å². The number of hydrogen-bond acceptors (Lipinski definition) is 5. The molecule has 0 aliphatic carbocycles. The first kappa shape index (κ1) is 28.1. The van der Waals surface area contributed by atoms with Crippen LogP contribution in [0.5, 0.6) is 0 Å². The van der Waals surface area contributed by atoms with E-state index in [9.17, 15) is 0 Å². The molecule has 0 atom stereocenters. The summed E-state index contributed by atoms with van der Waals surface area (Å²) in [7, 11) is 0. The highest BCUT2D eigenvalue weighted by molar-refractivity contribution is 6.17. The summed E-state index contributed by atoms with van der Waals surface area (Å²) in [6.07, 6.45) is 1.94. The lowest BCUT2D eigenvalue weighted by Crippen LogP contribution is -2.05. The smallest absolute Gasteiger partial charge is 0.167 e. The average molecular weight is 642 g/mol. The molecule has 4 aromatic heterocycles. The van der Waals surface area contributed by atoms with Gasteiger partial charge in [0.05, 0.1) is 16.6 Å². The van der Waals surface area contributed by atoms with Crippen LogP contribution in [0.3, 0.4) is 0 Å². The molecule has 6 heteroatoms. The van der Waals surface area contributed by atoms with Gasteiger partial charge in [0.1, 0.15) is 17.0 Å². The lowest BCUT2D eigenvalue weighted by molar-refractivity contribution is 0.669. The molecule has 0 saturated carbocycles. The van der Waals surface area contributed by atoms with Crippen molar-refractivity contribution in [2.75, 3.05) is 0 Å². The number of para-hydroxylation sites is 2. The summed E-state index contributed by atoms with van der Waals surface area (Å²) in [5.41, 5.74) is 8.41. The van der Waals surface area contributed by atoms with Gasteiger partial charge in [-0.1, -0.05) is 127 Å². The Morgan fingerprint density at radius 2 is 0.980 bits per heavy atom. The summed E-state index contributed by atoms with van der Waals surface area (Å²) in [5, 5.41) is 4.32. The van der Waals surface area contributed by atoms with Crippen LogP contribution in [0.15, 0.2) is 168 Å². The van der Waals surface area contributed by atoms with E-state index in [1.807, 2.05) is 97.2 Å². The first-order chi connectivity index (χ1) is 24.8. The van der Waals surface area contributed by atoms with Gasteiger partial charge < -0.3 is 4.42 Å². The van der Waals surface area contributed by atoms with Crippen LogP contribution in [0.2, 0.25) is 0 Å². The molecule has 6 aromatic carbocycles. The first-order valence-electron chi connectivity index (χ1n) is 16.6. The second-order valence-electron chi connectivity index (χ2n) is 12.3. The average Bonchev–Trinajstić information content (AvgIpc) is 3.72. The van der Waals surface area contributed by atoms with Gasteiger partial charge >= 0.3 is 0 Å². The predicted octanol–water partition coefficient (Wildman–Crippen LogP) is 10.9. The second kappa shape index (κ2) is 11.4. The fourth-order valence-electron chi connectivity index (χ4n) is 6.93. The van der Waals surface area contributed by atoms with E-state index in [0.29, 0.717) is 17.5 Å². The summed E-state index contributed by atoms with van der Waals surface area (Å²) < 4.78 is 8.58. The van der Waals surface area contributed by atoms with E-state index in [1.165, 1.54) is 0 Å². The van der Waals surface area contributed by atoms with Crippen LogP contribution in [0, 0.1) is 0 Å². The van der Waals surface area contributed by atoms with E-state index in [1.54, 1.807) is 0 Å². The monoisotopic (exact) mass is 641 g/mol. The van der Waals surface area contributed by atoms with E-state index in [2.05, 4.69) is 71.3 Å². The van der Waals surface area contributed by atoms with Crippen LogP contribution in [0.1, 0.15) is 0 Å². The molecule has 0 N–H and O–H groups in total. The van der Waals surface area contributed by atoms with Crippen molar-refractivity contribution in [1.82, 2.24) is 24.5 Å². The van der Waals surface area contributed by atoms with Crippen LogP contribution in [-0.2, 0) is 0 Å². The summed E-state index contributed by atoms with van der Waals surface area (Å²) in [4.78, 5) is 20.5. The molecule has 0 radical (unpaired) electrons. The highest BCUT2D eigenvalue weighted by Crippen LogP contribution is 2.40. The zero-order valence-corrected chi connectivity index (χ0v) is 26.7. The summed E-state index contributed by atoms with van der Waals surface area (Å²) in [6.45, 7) is 0. The molecule has 234 valence electrons. The maximum Gasteiger partial charge on any atom is 0.167 e. The Morgan fingerprint density at radius 3 is 1.68 bits per heavy atom. The van der Waals surface area contributed by atoms with Crippen molar-refractivity contribution >= 4 is 43.7 Å². The van der Waals surface area contributed by atoms with Crippen LogP contribution in [-0.4, -0.2) is 24.5 Å². The minimum atomic E-state index is 0.541. The Kier molecular flexibility index (Phi) is 6.39. The van der Waals surface area contributed by atoms with Gasteiger partial charge in [-0.3, -0.25) is 4.57 Å². The third-order valence-electron chi connectivity index (χ3n) is 9.30. The van der Waals surface area contributed by atoms with Gasteiger partial charge in [-0.05, 0) is 35.9 Å². The summed E-state index contributed by atoms with van der Waals surface area (Å²) in [5.74, 6) is 2.46. The lowest BCUT2D eigenvalue weighted by Gasteiger charge is -2.15. The number of aromatic nitrogens is 5. The molecular formula is C44H27N5O. The van der Waals surface area contributed by atoms with Crippen molar-refractivity contribution in [3.63, 3.8) is 0 Å². The van der Waals surface area contributed by atoms with Crippen molar-refractivity contribution in [3.05, 3.63) is 164 Å². The van der Waals surface area contributed by atoms with Crippen molar-refractivity contribution in [3.8, 4) is 51.1 Å². The maximum atomic E-state index is 6.34. The van der Waals surface area contributed by atoms with Gasteiger partial charge in [-0.25, -0.2) is 19.9 Å². The van der Waals surface area contributed by atoms with Crippen molar-refractivity contribution in [1.29, 1.82) is 0 Å². The molecule has 0 bridgehead atoms. The third kappa shape index (κ3) is 4.58. The van der Waals surface area contributed by atoms with Gasteiger partial charge in [0, 0.05) is 44.4 Å². The van der Waals surface area contributed by atoms with Crippen LogP contribution in [0.25, 0.3) is 94.9 Å². The standard InChI is InChI=1S/C44H27N5O/c1-4-14-28(15-5-1)31-24-36(43-47-41(29-16-6-2-7-17-29)46-42(48-43)30-18-8-3-9-19-30)44(45-27-31)49-37-22-12-10-20-32(37)34-26-40-35(25-38(34)49)33-21-11-13-23-39(33)50-40/h1-27H. The summed E-state index contributed by atoms with van der Waals surface area (Å²) in [6, 6.07) is 53.6. The molecule has 0 fully saturated rings. The molecule has 6 nitrogen and oxygen atoms in total. The van der Waals surface area contributed by atoms with Gasteiger partial charge in [0.15, 0.2) is 17.5 Å². The normalized spacial score (nSPS) is 11.6. The number of rotatable bonds is 5. The van der Waals surface area contributed by atoms with Crippen LogP contribution in [0.4, 0.5) is 0 Å². The number of hydrogen-bond donors (Lipinski definition) is 0. The fraction of sp³-hybridized carbons (Fsp3) is 0. The number of fused-ring (bicyclic) bond motifs is 6. The topological polar surface area (TPSA) is 69.6 Å². The molecule has 50 heavy (non-hydrogen) atoms. The molecular weight excluding hydrogens is 615 g/mol. The summed E-state index contributed by atoms with van der Waals surface area (Å²) >= 11 is 0. The minimum Gasteiger partial charge on any atom is -0.456 e. The van der Waals surface area contributed by atoms with Crippen molar-refractivity contribution in [2.24, 2.45) is 0 Å². The van der Waals surface area contributed by atoms with E-state index < -0.39 is 0 Å². The zero-order chi connectivity index (χ0) is 33.0. The fourth-order valence-corrected chi connectivity index (χ4v) is 6.93. The Bertz CT molecular complexity index is 2800. The van der Waals surface area contributed by atoms with E-state index in [-0.39, 0.29) is 0 Å². The molecule has 4 heterocycles. The van der Waals surface area contributed by atoms with Gasteiger partial charge in [0.25, 0.3) is 0 Å². The molecule has 0 aliphatic rings. The van der Waals surface area contributed by atoms with Gasteiger partial charge in [-0.15, -0.1) is 0 Å². The van der Waals surface area contributed by atoms with Crippen molar-refractivity contribution in [2.45, 2.75) is 0 Å². The molecule has 0 aliphatic heterocycles. The van der Waals surface area contributed by atoms with Gasteiger partial charge in [0.2, 0.25) is 0 Å². The van der Waals surface area contributed by atoms with Crippen LogP contribution >= 0.6 is 0 Å². The van der Waals surface area contributed by atoms with Gasteiger partial charge in [-0.2, -0.15) is 0 Å². The Morgan fingerprint density at radius 1 is 0.400 bits per heavy atom. The largest absolute Gasteiger partial charge is 0.456 e. The zero-order valence-electron chi connectivity index (χ0n) is 26.7. The number of furan rings is 1. The van der Waals surface area contributed by atoms with E-state index >= 15 is 0 Å². The minimum absolute atomic E-state index is 0.541. The SMILES string of the molecule is c1ccc(-c2cnc(-n3c4ccccc4c4cc5oc6ccccc6c5cc43)c(-c3nc(-c4ccccc4)nc(-c4ccccc4)n3)c2)cc1. The third-order valence-corrected chi connectivity index (χ3v) is 9.30. The second-order valence-corrected chi connectivity index (χ2v) is 12.3. The van der Waals surface area contributed by atoms with E-state index in [0.717, 1.165) is 77.4 Å². The Hall–Kier alpha value is -6.92. The number of nitrogens with zero attached hydrogens (tertiary/aromatic N) is 5. The Balaban J connectivity index is 1.31. The molecule has 0 unspecified atom stereocenters. The van der Waals surface area contributed by atoms with Crippen molar-refractivity contribution < 1.29 is 4.42 Å². The molecule has 10 rings (SSSR count). The number of pyridine rings is 1. The maximum absolute atomic E-state index is 6.34. The Labute approximate surface area is 287 Å². The highest BCUT2D eigenvalue weighted by atomic mass is 16.3. The lowest BCUT2D eigenvalue weighted by atomic mass is 10.0. The molecule has 10 aromatic rings. The quantitative estimate of drug-likeness (QED) is 0.187. The highest BCUT2D eigenvalue weighted by Gasteiger charge is 2.22. The van der Waals surface area contributed by atoms with E-state index in [4.69, 9.17) is 24.4 Å². The molecule has 0 saturated heterocycles. The molecule has 0 amide bonds. The predicted molar refractivity (Wildman–Crippen MR) is 201 cm³/mol. The molecule has 0 spiro atoms. The first-order valence-corrected chi connectivity index (χ1v) is 16.6.